The number of carbonyl (C=O) groups excluding carboxylic acids is 1. The Bertz CT molecular complexity index is 845. The van der Waals surface area contributed by atoms with Crippen LogP contribution in [0, 0.1) is 13.8 Å². The fourth-order valence-electron chi connectivity index (χ4n) is 2.54. The van der Waals surface area contributed by atoms with Crippen molar-refractivity contribution in [1.82, 2.24) is 5.32 Å². The van der Waals surface area contributed by atoms with Gasteiger partial charge in [-0.1, -0.05) is 42.0 Å². The van der Waals surface area contributed by atoms with Gasteiger partial charge >= 0.3 is 0 Å². The van der Waals surface area contributed by atoms with Crippen molar-refractivity contribution in [2.75, 3.05) is 17.1 Å². The van der Waals surface area contributed by atoms with Gasteiger partial charge in [0.15, 0.2) is 0 Å². The van der Waals surface area contributed by atoms with Gasteiger partial charge in [0.1, 0.15) is 6.54 Å². The largest absolute Gasteiger partial charge is 0.348 e. The third-order valence-electron chi connectivity index (χ3n) is 3.93. The first-order valence-corrected chi connectivity index (χ1v) is 9.92. The maximum Gasteiger partial charge on any atom is 0.241 e. The summed E-state index contributed by atoms with van der Waals surface area (Å²) in [6.07, 6.45) is 1.10. The zero-order chi connectivity index (χ0) is 18.6. The van der Waals surface area contributed by atoms with Crippen LogP contribution in [-0.2, 0) is 14.8 Å². The highest BCUT2D eigenvalue weighted by Crippen LogP contribution is 2.19. The van der Waals surface area contributed by atoms with E-state index in [-0.39, 0.29) is 18.5 Å². The van der Waals surface area contributed by atoms with Gasteiger partial charge in [-0.25, -0.2) is 8.42 Å². The molecule has 134 valence electrons. The summed E-state index contributed by atoms with van der Waals surface area (Å²) in [5, 5.41) is 2.86. The number of anilines is 1. The molecule has 5 nitrogen and oxygen atoms in total. The van der Waals surface area contributed by atoms with E-state index in [4.69, 9.17) is 0 Å². The van der Waals surface area contributed by atoms with Crippen LogP contribution in [0.5, 0.6) is 0 Å². The Labute approximate surface area is 149 Å². The Hall–Kier alpha value is -2.34. The van der Waals surface area contributed by atoms with Gasteiger partial charge in [-0.15, -0.1) is 0 Å². The molecule has 0 unspecified atom stereocenters. The number of sulfonamides is 1. The van der Waals surface area contributed by atoms with Gasteiger partial charge in [-0.05, 0) is 44.0 Å². The second-order valence-corrected chi connectivity index (χ2v) is 8.22. The lowest BCUT2D eigenvalue weighted by Gasteiger charge is -2.23. The van der Waals surface area contributed by atoms with Crippen LogP contribution in [0.4, 0.5) is 5.69 Å². The molecular formula is C19H24N2O3S. The molecule has 0 spiro atoms. The lowest BCUT2D eigenvalue weighted by atomic mass is 10.1. The number of hydrogen-bond donors (Lipinski definition) is 1. The average Bonchev–Trinajstić information content (AvgIpc) is 2.52. The normalized spacial score (nSPS) is 12.5. The first-order chi connectivity index (χ1) is 11.7. The summed E-state index contributed by atoms with van der Waals surface area (Å²) in [4.78, 5) is 12.4. The topological polar surface area (TPSA) is 66.5 Å². The van der Waals surface area contributed by atoms with Gasteiger partial charge in [0.25, 0.3) is 0 Å². The maximum absolute atomic E-state index is 12.4. The van der Waals surface area contributed by atoms with Crippen molar-refractivity contribution in [3.05, 3.63) is 65.2 Å². The fraction of sp³-hybridized carbons (Fsp3) is 0.316. The Kier molecular flexibility index (Phi) is 5.85. The molecule has 0 fully saturated rings. The molecule has 0 aliphatic heterocycles. The van der Waals surface area contributed by atoms with Crippen LogP contribution in [0.25, 0.3) is 0 Å². The van der Waals surface area contributed by atoms with E-state index >= 15 is 0 Å². The average molecular weight is 360 g/mol. The number of nitrogens with zero attached hydrogens (tertiary/aromatic N) is 1. The molecular weight excluding hydrogens is 336 g/mol. The van der Waals surface area contributed by atoms with Crippen LogP contribution in [0.3, 0.4) is 0 Å². The zero-order valence-corrected chi connectivity index (χ0v) is 15.8. The van der Waals surface area contributed by atoms with Crippen LogP contribution in [0.1, 0.15) is 29.7 Å². The number of aryl methyl sites for hydroxylation is 2. The summed E-state index contributed by atoms with van der Waals surface area (Å²) >= 11 is 0. The highest BCUT2D eigenvalue weighted by atomic mass is 32.2. The van der Waals surface area contributed by atoms with E-state index in [1.165, 1.54) is 0 Å². The number of amides is 1. The highest BCUT2D eigenvalue weighted by Gasteiger charge is 2.21. The van der Waals surface area contributed by atoms with E-state index < -0.39 is 10.0 Å². The van der Waals surface area contributed by atoms with Gasteiger partial charge in [0, 0.05) is 0 Å². The summed E-state index contributed by atoms with van der Waals surface area (Å²) in [7, 11) is -3.56. The maximum atomic E-state index is 12.4. The molecule has 1 atom stereocenters. The van der Waals surface area contributed by atoms with Crippen LogP contribution >= 0.6 is 0 Å². The summed E-state index contributed by atoms with van der Waals surface area (Å²) in [6, 6.07) is 14.7. The Balaban J connectivity index is 2.13. The van der Waals surface area contributed by atoms with Crippen LogP contribution in [0.15, 0.2) is 48.5 Å². The van der Waals surface area contributed by atoms with Crippen molar-refractivity contribution < 1.29 is 13.2 Å². The molecule has 0 radical (unpaired) electrons. The van der Waals surface area contributed by atoms with Crippen molar-refractivity contribution >= 4 is 21.6 Å². The molecule has 0 heterocycles. The number of nitrogens with one attached hydrogen (secondary N) is 1. The quantitative estimate of drug-likeness (QED) is 0.861. The van der Waals surface area contributed by atoms with E-state index in [9.17, 15) is 13.2 Å². The molecule has 1 N–H and O–H groups in total. The fourth-order valence-corrected chi connectivity index (χ4v) is 3.39. The van der Waals surface area contributed by atoms with Gasteiger partial charge < -0.3 is 5.32 Å². The lowest BCUT2D eigenvalue weighted by Crippen LogP contribution is -2.41. The molecule has 6 heteroatoms. The Morgan fingerprint density at radius 2 is 1.72 bits per heavy atom. The number of hydrogen-bond acceptors (Lipinski definition) is 3. The van der Waals surface area contributed by atoms with Crippen molar-refractivity contribution in [2.24, 2.45) is 0 Å². The van der Waals surface area contributed by atoms with Gasteiger partial charge in [0.2, 0.25) is 15.9 Å². The summed E-state index contributed by atoms with van der Waals surface area (Å²) in [5.41, 5.74) is 3.53. The van der Waals surface area contributed by atoms with Crippen LogP contribution in [-0.4, -0.2) is 27.1 Å². The first-order valence-electron chi connectivity index (χ1n) is 8.07. The second kappa shape index (κ2) is 7.70. The van der Waals surface area contributed by atoms with E-state index in [0.29, 0.717) is 5.69 Å². The SMILES string of the molecule is Cc1ccc([C@@H](C)NC(=O)CN(c2cccc(C)c2)S(C)(=O)=O)cc1. The number of rotatable bonds is 6. The molecule has 2 aromatic carbocycles. The third kappa shape index (κ3) is 5.32. The van der Waals surface area contributed by atoms with Crippen molar-refractivity contribution in [3.63, 3.8) is 0 Å². The number of benzene rings is 2. The molecule has 25 heavy (non-hydrogen) atoms. The molecule has 0 saturated heterocycles. The van der Waals surface area contributed by atoms with E-state index in [1.807, 2.05) is 51.1 Å². The lowest BCUT2D eigenvalue weighted by molar-refractivity contribution is -0.120. The van der Waals surface area contributed by atoms with Gasteiger partial charge in [-0.2, -0.15) is 0 Å². The third-order valence-corrected chi connectivity index (χ3v) is 5.07. The summed E-state index contributed by atoms with van der Waals surface area (Å²) in [6.45, 7) is 5.50. The second-order valence-electron chi connectivity index (χ2n) is 6.31. The minimum absolute atomic E-state index is 0.202. The minimum Gasteiger partial charge on any atom is -0.348 e. The Morgan fingerprint density at radius 1 is 1.08 bits per heavy atom. The van der Waals surface area contributed by atoms with E-state index in [1.54, 1.807) is 18.2 Å². The standard InChI is InChI=1S/C19H24N2O3S/c1-14-8-10-17(11-9-14)16(3)20-19(22)13-21(25(4,23)24)18-7-5-6-15(2)12-18/h5-12,16H,13H2,1-4H3,(H,20,22)/t16-/m1/s1. The Morgan fingerprint density at radius 3 is 2.28 bits per heavy atom. The van der Waals surface area contributed by atoms with Crippen LogP contribution < -0.4 is 9.62 Å². The molecule has 0 saturated carbocycles. The molecule has 0 bridgehead atoms. The van der Waals surface area contributed by atoms with E-state index in [0.717, 1.165) is 27.3 Å². The molecule has 0 aromatic heterocycles. The molecule has 2 aromatic rings. The van der Waals surface area contributed by atoms with Crippen LogP contribution in [0.2, 0.25) is 0 Å². The summed E-state index contributed by atoms with van der Waals surface area (Å²) in [5.74, 6) is -0.347. The minimum atomic E-state index is -3.56. The molecule has 1 amide bonds. The predicted octanol–water partition coefficient (Wildman–Crippen LogP) is 2.95. The summed E-state index contributed by atoms with van der Waals surface area (Å²) < 4.78 is 25.4. The van der Waals surface area contributed by atoms with Crippen molar-refractivity contribution in [2.45, 2.75) is 26.8 Å². The van der Waals surface area contributed by atoms with Gasteiger partial charge in [-0.3, -0.25) is 9.10 Å². The van der Waals surface area contributed by atoms with Gasteiger partial charge in [0.05, 0.1) is 18.0 Å². The molecule has 0 aliphatic rings. The zero-order valence-electron chi connectivity index (χ0n) is 15.0. The smallest absolute Gasteiger partial charge is 0.241 e. The predicted molar refractivity (Wildman–Crippen MR) is 101 cm³/mol. The molecule has 2 rings (SSSR count). The number of carbonyl (C=O) groups is 1. The highest BCUT2D eigenvalue weighted by molar-refractivity contribution is 7.92. The van der Waals surface area contributed by atoms with E-state index in [2.05, 4.69) is 5.32 Å². The van der Waals surface area contributed by atoms with Crippen molar-refractivity contribution in [3.8, 4) is 0 Å². The first kappa shape index (κ1) is 19.0. The molecule has 0 aliphatic carbocycles. The van der Waals surface area contributed by atoms with Crippen molar-refractivity contribution in [1.29, 1.82) is 0 Å². The monoisotopic (exact) mass is 360 g/mol.